The van der Waals surface area contributed by atoms with Crippen LogP contribution in [0.5, 0.6) is 0 Å². The van der Waals surface area contributed by atoms with Crippen molar-refractivity contribution in [1.82, 2.24) is 0 Å². The molecule has 0 bridgehead atoms. The van der Waals surface area contributed by atoms with Gasteiger partial charge in [-0.25, -0.2) is 0 Å². The van der Waals surface area contributed by atoms with E-state index in [2.05, 4.69) is 41.5 Å². The van der Waals surface area contributed by atoms with Gasteiger partial charge in [0.1, 0.15) is 183 Å². The molecule has 16 rings (SSSR count). The average Bonchev–Trinajstić information content (AvgIpc) is 1.45. The third-order valence-corrected chi connectivity index (χ3v) is 39.4. The number of aliphatic hydroxyl groups is 27. The minimum Gasteiger partial charge on any atom is -0.394 e. The van der Waals surface area contributed by atoms with Crippen LogP contribution in [0.15, 0.2) is 0 Å². The fraction of sp³-hybridized carbons (Fsp3) is 1.00. The Hall–Kier alpha value is -1.72. The summed E-state index contributed by atoms with van der Waals surface area (Å²) in [7, 11) is 0. The van der Waals surface area contributed by atoms with Gasteiger partial charge >= 0.3 is 0 Å². The second-order valence-electron chi connectivity index (χ2n) is 47.1. The average molecular weight is 2060 g/mol. The third-order valence-electron chi connectivity index (χ3n) is 39.4. The zero-order chi connectivity index (χ0) is 103. The largest absolute Gasteiger partial charge is 0.394 e. The van der Waals surface area contributed by atoms with E-state index < -0.39 is 304 Å². The smallest absolute Gasteiger partial charge is 0.187 e. The Morgan fingerprint density at radius 1 is 0.273 bits per heavy atom. The lowest BCUT2D eigenvalue weighted by Crippen LogP contribution is -2.65. The summed E-state index contributed by atoms with van der Waals surface area (Å²) in [6.07, 6.45) is -44.0. The van der Waals surface area contributed by atoms with Crippen molar-refractivity contribution >= 4 is 0 Å². The molecule has 8 heterocycles. The highest BCUT2D eigenvalue weighted by atomic mass is 16.8. The molecule has 0 aromatic heterocycles. The summed E-state index contributed by atoms with van der Waals surface area (Å²) in [5.41, 5.74) is -1.24. The molecule has 143 heavy (non-hydrogen) atoms. The Bertz CT molecular complexity index is 3700. The van der Waals surface area contributed by atoms with E-state index in [1.807, 2.05) is 0 Å². The van der Waals surface area contributed by atoms with Crippen LogP contribution in [0, 0.1) is 104 Å². The topological polar surface area (TPSA) is 694 Å². The van der Waals surface area contributed by atoms with Crippen LogP contribution in [-0.4, -0.2) is 456 Å². The predicted molar refractivity (Wildman–Crippen MR) is 489 cm³/mol. The minimum absolute atomic E-state index is 0.00750. The van der Waals surface area contributed by atoms with Crippen LogP contribution in [0.1, 0.15) is 203 Å². The number of hydrogen-bond acceptors (Lipinski definition) is 43. The summed E-state index contributed by atoms with van der Waals surface area (Å²) >= 11 is 0. The number of fused-ring (bicyclic) bond motifs is 10. The van der Waals surface area contributed by atoms with E-state index in [1.165, 1.54) is 0 Å². The van der Waals surface area contributed by atoms with Crippen molar-refractivity contribution in [3.05, 3.63) is 0 Å². The highest BCUT2D eigenvalue weighted by molar-refractivity contribution is 5.14. The normalized spacial score (nSPS) is 53.2. The molecule has 16 fully saturated rings. The summed E-state index contributed by atoms with van der Waals surface area (Å²) in [5, 5.41) is 295. The maximum Gasteiger partial charge on any atom is 0.187 e. The van der Waals surface area contributed by atoms with Crippen molar-refractivity contribution in [1.29, 1.82) is 0 Å². The predicted octanol–water partition coefficient (Wildman–Crippen LogP) is -4.52. The molecule has 59 atom stereocenters. The van der Waals surface area contributed by atoms with Crippen molar-refractivity contribution in [2.24, 2.45) is 104 Å². The standard InChI is InChI=1S/C100H170O43/c1-42(51-16-18-53-49-14-12-45-30-47(20-26-96(45,4)55(49)22-28-98(51,53)6)130-88-44(3)65(109)84(61(36-105)136-88)140-92-77(121)70(114)66(110)57(32-101)132-92)10-8-24-100(40-128-89-81(125)74(118)85(62(37-106)137-89)141-93-78(122)71(115)67(111)58(33-102)133-93,41-129-90-82(126)75(119)86(63(38-107)138-90)142-94-79(123)72(116)68(112)59(34-103)134-94)25-9-11-43(2)52-17-19-54-50-15-13-46-31-48(21-27-97(46,5)56(50)23-29-99(52,54)7)131-91-83(127)76(120)87(64(39-108)139-91)143-95-80(124)73(117)69(113)60(35-104)135-95/h42-95,101-127H,8-41H2,1-7H3/t42?,43?,44?,45?,46?,47?,48?,49?,50?,51?,52?,53?,54?,55?,56?,57?,58?,59?,60?,61?,62?,63?,64?,65-,66-,67-,68+,69+,70+,71+,72-,73-,74-,75+,76+,77?,78?,79?,80?,81?,82?,83?,84-,85-,86+,87+,88-,89-,90+,91+,92-,93-,94+,95+,96?,97?,98?,99?,100?/m1/s1. The van der Waals surface area contributed by atoms with Gasteiger partial charge in [-0.1, -0.05) is 74.1 Å². The van der Waals surface area contributed by atoms with E-state index >= 15 is 0 Å². The van der Waals surface area contributed by atoms with Crippen LogP contribution in [0.25, 0.3) is 0 Å². The maximum atomic E-state index is 12.3. The third kappa shape index (κ3) is 22.1. The molecular weight excluding hydrogens is 1890 g/mol. The van der Waals surface area contributed by atoms with Gasteiger partial charge in [-0.15, -0.1) is 0 Å². The highest BCUT2D eigenvalue weighted by Gasteiger charge is 2.66. The van der Waals surface area contributed by atoms with Crippen molar-refractivity contribution in [3.8, 4) is 0 Å². The van der Waals surface area contributed by atoms with E-state index in [0.717, 1.165) is 116 Å². The van der Waals surface area contributed by atoms with Crippen LogP contribution < -0.4 is 0 Å². The lowest BCUT2D eigenvalue weighted by atomic mass is 9.44. The van der Waals surface area contributed by atoms with Crippen molar-refractivity contribution in [3.63, 3.8) is 0 Å². The van der Waals surface area contributed by atoms with Gasteiger partial charge in [-0.05, 0) is 221 Å². The molecule has 35 unspecified atom stereocenters. The monoisotopic (exact) mass is 2060 g/mol. The molecule has 0 aromatic carbocycles. The molecule has 8 aliphatic heterocycles. The maximum absolute atomic E-state index is 12.3. The number of hydrogen-bond donors (Lipinski definition) is 27. The van der Waals surface area contributed by atoms with E-state index in [9.17, 15) is 138 Å². The molecule has 43 nitrogen and oxygen atoms in total. The highest BCUT2D eigenvalue weighted by Crippen LogP contribution is 2.71. The summed E-state index contributed by atoms with van der Waals surface area (Å²) in [6, 6.07) is 0. The zero-order valence-electron chi connectivity index (χ0n) is 83.3. The van der Waals surface area contributed by atoms with Crippen molar-refractivity contribution in [2.75, 3.05) is 66.1 Å². The van der Waals surface area contributed by atoms with E-state index in [0.29, 0.717) is 91.8 Å². The van der Waals surface area contributed by atoms with E-state index in [-0.39, 0.29) is 64.8 Å². The number of rotatable bonds is 36. The van der Waals surface area contributed by atoms with Crippen LogP contribution in [-0.2, 0) is 75.8 Å². The van der Waals surface area contributed by atoms with E-state index in [4.69, 9.17) is 75.8 Å². The lowest BCUT2D eigenvalue weighted by molar-refractivity contribution is -0.365. The van der Waals surface area contributed by atoms with Gasteiger partial charge in [0.15, 0.2) is 50.3 Å². The Labute approximate surface area is 834 Å². The fourth-order valence-electron chi connectivity index (χ4n) is 30.9. The second kappa shape index (κ2) is 47.1. The van der Waals surface area contributed by atoms with Crippen LogP contribution >= 0.6 is 0 Å². The molecule has 0 amide bonds. The van der Waals surface area contributed by atoms with Gasteiger partial charge < -0.3 is 214 Å². The van der Waals surface area contributed by atoms with Crippen LogP contribution in [0.2, 0.25) is 0 Å². The first-order valence-electron chi connectivity index (χ1n) is 53.2. The summed E-state index contributed by atoms with van der Waals surface area (Å²) in [4.78, 5) is 0. The minimum atomic E-state index is -1.94. The molecule has 43 heteroatoms. The molecule has 8 saturated heterocycles. The first-order valence-corrected chi connectivity index (χ1v) is 53.2. The van der Waals surface area contributed by atoms with Crippen molar-refractivity contribution < 1.29 is 214 Å². The first kappa shape index (κ1) is 114. The number of ether oxygens (including phenoxy) is 16. The molecule has 0 aromatic rings. The van der Waals surface area contributed by atoms with Crippen LogP contribution in [0.3, 0.4) is 0 Å². The summed E-state index contributed by atoms with van der Waals surface area (Å²) in [5.74, 6) is 3.50. The summed E-state index contributed by atoms with van der Waals surface area (Å²) in [6.45, 7) is 9.68. The van der Waals surface area contributed by atoms with Crippen molar-refractivity contribution in [2.45, 2.75) is 454 Å². The lowest BCUT2D eigenvalue weighted by Gasteiger charge is -2.61. The van der Waals surface area contributed by atoms with Crippen LogP contribution in [0.4, 0.5) is 0 Å². The molecule has 27 N–H and O–H groups in total. The quantitative estimate of drug-likeness (QED) is 0.0263. The SMILES string of the molecule is CC(CCCC(CCCC(C)C1CCC2C3CCC4CC(O[C@H]5OC(CO)[C@H](O[C@@H]6OC(CO)[C@H](O)[C@@H](O)C6O)[C@@H](O)C5O)CCC4(C)C3CCC12C)(CO[C@@H]1OC(CO)[C@@H](O[C@H]2OC(CO)[C@@H](O)[C@H](O)C2O)[C@H](O)C1O)CO[C@H]1OC(CO)[C@H](O[C@@H]2OC(CO)[C@H](O)[C@@H](O)C2O)[C@@H](O)C1O)C1CCC2C3CCC4CC(O[C@@H]5OC(CO)[C@@H](O[C@H]6OC(CO)[C@@H](O)[C@H](O)C6O)[C@H](O)C5C)CCC4(C)C3CCC12C. The van der Waals surface area contributed by atoms with Gasteiger partial charge in [0, 0.05) is 11.3 Å². The Morgan fingerprint density at radius 3 is 0.867 bits per heavy atom. The van der Waals surface area contributed by atoms with Gasteiger partial charge in [0.2, 0.25) is 0 Å². The molecule has 828 valence electrons. The van der Waals surface area contributed by atoms with Gasteiger partial charge in [0.25, 0.3) is 0 Å². The Morgan fingerprint density at radius 2 is 0.538 bits per heavy atom. The molecule has 16 aliphatic rings. The molecular formula is C100H170O43. The number of aliphatic hydroxyl groups excluding tert-OH is 27. The molecule has 0 spiro atoms. The second-order valence-corrected chi connectivity index (χ2v) is 47.1. The summed E-state index contributed by atoms with van der Waals surface area (Å²) < 4.78 is 98.3. The molecule has 8 aliphatic carbocycles. The van der Waals surface area contributed by atoms with Gasteiger partial charge in [0.05, 0.1) is 84.4 Å². The molecule has 0 radical (unpaired) electrons. The molecule has 8 saturated carbocycles. The van der Waals surface area contributed by atoms with Gasteiger partial charge in [-0.2, -0.15) is 0 Å². The first-order chi connectivity index (χ1) is 68.0. The van der Waals surface area contributed by atoms with E-state index in [1.54, 1.807) is 6.92 Å². The Balaban J connectivity index is 0.611. The Kier molecular flexibility index (Phi) is 37.5. The fourth-order valence-corrected chi connectivity index (χ4v) is 30.9. The van der Waals surface area contributed by atoms with Gasteiger partial charge in [-0.3, -0.25) is 0 Å². The zero-order valence-corrected chi connectivity index (χ0v) is 83.3.